The number of nitriles is 1. The normalized spacial score (nSPS) is 16.9. The molecule has 2 aromatic carbocycles. The summed E-state index contributed by atoms with van der Waals surface area (Å²) in [7, 11) is 0. The van der Waals surface area contributed by atoms with Crippen LogP contribution in [0.1, 0.15) is 45.7 Å². The highest BCUT2D eigenvalue weighted by atomic mass is 35.5. The third-order valence-corrected chi connectivity index (χ3v) is 11.0. The number of aromatic nitrogens is 3. The van der Waals surface area contributed by atoms with E-state index < -0.39 is 23.3 Å². The van der Waals surface area contributed by atoms with E-state index in [1.54, 1.807) is 29.2 Å². The van der Waals surface area contributed by atoms with Crippen LogP contribution >= 0.6 is 22.9 Å². The molecule has 3 aromatic heterocycles. The first-order valence-corrected chi connectivity index (χ1v) is 17.1. The molecule has 3 aliphatic rings. The number of aryl methyl sites for hydroxylation is 1. The van der Waals surface area contributed by atoms with E-state index in [4.69, 9.17) is 11.6 Å². The third-order valence-electron chi connectivity index (χ3n) is 9.75. The molecule has 252 valence electrons. The number of aromatic carboxylic acids is 1. The van der Waals surface area contributed by atoms with E-state index in [1.165, 1.54) is 34.4 Å². The molecule has 14 heteroatoms. The number of likely N-dealkylation sites (tertiary alicyclic amines) is 1. The van der Waals surface area contributed by atoms with Gasteiger partial charge in [-0.05, 0) is 50.1 Å². The molecule has 5 heterocycles. The third kappa shape index (κ3) is 5.28. The number of halogens is 4. The van der Waals surface area contributed by atoms with Crippen LogP contribution in [0.3, 0.4) is 0 Å². The molecule has 0 atom stereocenters. The SMILES string of the molecule is Cc1nc2cc(C(F)(F)F)c(N3CC4(C3)CN(C3CC3)C4)c(C#N)c2c(=O)n1CC#Cc1ccc(Cl)cc1-c1ccnc2c(C(=O)O)csc12. The summed E-state index contributed by atoms with van der Waals surface area (Å²) in [5.74, 6) is 5.11. The number of fused-ring (bicyclic) bond motifs is 2. The number of carboxylic acid groups (broad SMARTS) is 1. The summed E-state index contributed by atoms with van der Waals surface area (Å²) in [4.78, 5) is 38.3. The van der Waals surface area contributed by atoms with Crippen molar-refractivity contribution in [2.45, 2.75) is 38.5 Å². The van der Waals surface area contributed by atoms with Gasteiger partial charge in [0.25, 0.3) is 5.56 Å². The van der Waals surface area contributed by atoms with Crippen LogP contribution in [0.15, 0.2) is 46.7 Å². The zero-order chi connectivity index (χ0) is 35.1. The maximum atomic E-state index is 14.5. The quantitative estimate of drug-likeness (QED) is 0.204. The lowest BCUT2D eigenvalue weighted by Gasteiger charge is -2.61. The van der Waals surface area contributed by atoms with Crippen LogP contribution in [0, 0.1) is 35.5 Å². The summed E-state index contributed by atoms with van der Waals surface area (Å²) in [5.41, 5.74) is -0.235. The van der Waals surface area contributed by atoms with Crippen molar-refractivity contribution in [3.05, 3.63) is 85.4 Å². The number of carbonyl (C=O) groups is 1. The van der Waals surface area contributed by atoms with E-state index in [-0.39, 0.29) is 45.5 Å². The first-order valence-electron chi connectivity index (χ1n) is 15.8. The smallest absolute Gasteiger partial charge is 0.418 e. The van der Waals surface area contributed by atoms with Crippen LogP contribution in [0.2, 0.25) is 5.02 Å². The van der Waals surface area contributed by atoms with Crippen LogP contribution in [-0.4, -0.2) is 62.7 Å². The van der Waals surface area contributed by atoms with E-state index in [9.17, 15) is 33.1 Å². The highest BCUT2D eigenvalue weighted by Crippen LogP contribution is 2.50. The fourth-order valence-corrected chi connectivity index (χ4v) is 8.51. The second-order valence-corrected chi connectivity index (χ2v) is 14.5. The van der Waals surface area contributed by atoms with Crippen LogP contribution < -0.4 is 10.5 Å². The largest absolute Gasteiger partial charge is 0.478 e. The molecule has 1 saturated carbocycles. The van der Waals surface area contributed by atoms with Gasteiger partial charge in [-0.15, -0.1) is 11.3 Å². The number of pyridine rings is 1. The number of anilines is 1. The molecular formula is C36H26ClF3N6O3S. The van der Waals surface area contributed by atoms with Gasteiger partial charge in [-0.2, -0.15) is 18.4 Å². The first kappa shape index (κ1) is 32.3. The highest BCUT2D eigenvalue weighted by Gasteiger charge is 2.56. The molecule has 1 N–H and O–H groups in total. The van der Waals surface area contributed by atoms with Gasteiger partial charge in [0.2, 0.25) is 0 Å². The average molecular weight is 715 g/mol. The molecule has 0 radical (unpaired) electrons. The maximum absolute atomic E-state index is 14.5. The van der Waals surface area contributed by atoms with Crippen molar-refractivity contribution < 1.29 is 23.1 Å². The molecule has 1 aliphatic carbocycles. The fraction of sp³-hybridized carbons (Fsp3) is 0.306. The molecule has 0 amide bonds. The number of hydrogen-bond donors (Lipinski definition) is 1. The molecule has 2 aliphatic heterocycles. The summed E-state index contributed by atoms with van der Waals surface area (Å²) in [5, 5.41) is 21.6. The lowest BCUT2D eigenvalue weighted by Crippen LogP contribution is -2.72. The topological polar surface area (TPSA) is 115 Å². The van der Waals surface area contributed by atoms with Gasteiger partial charge in [-0.25, -0.2) is 9.78 Å². The number of benzene rings is 2. The molecule has 8 rings (SSSR count). The van der Waals surface area contributed by atoms with Gasteiger partial charge in [-0.3, -0.25) is 19.2 Å². The number of nitrogens with zero attached hydrogens (tertiary/aromatic N) is 6. The van der Waals surface area contributed by atoms with Gasteiger partial charge >= 0.3 is 12.1 Å². The Labute approximate surface area is 292 Å². The van der Waals surface area contributed by atoms with Crippen molar-refractivity contribution >= 4 is 55.7 Å². The maximum Gasteiger partial charge on any atom is 0.418 e. The van der Waals surface area contributed by atoms with Crippen molar-refractivity contribution in [3.63, 3.8) is 0 Å². The summed E-state index contributed by atoms with van der Waals surface area (Å²) in [6.45, 7) is 3.78. The van der Waals surface area contributed by atoms with Crippen molar-refractivity contribution in [1.82, 2.24) is 19.4 Å². The Bertz CT molecular complexity index is 2440. The Morgan fingerprint density at radius 2 is 1.92 bits per heavy atom. The van der Waals surface area contributed by atoms with E-state index in [0.717, 1.165) is 32.0 Å². The Balaban J connectivity index is 1.17. The van der Waals surface area contributed by atoms with Crippen molar-refractivity contribution in [3.8, 4) is 29.0 Å². The van der Waals surface area contributed by atoms with E-state index in [0.29, 0.717) is 51.1 Å². The van der Waals surface area contributed by atoms with Crippen LogP contribution in [0.5, 0.6) is 0 Å². The predicted octanol–water partition coefficient (Wildman–Crippen LogP) is 6.56. The van der Waals surface area contributed by atoms with Crippen LogP contribution in [-0.2, 0) is 12.7 Å². The summed E-state index contributed by atoms with van der Waals surface area (Å²) >= 11 is 7.59. The monoisotopic (exact) mass is 714 g/mol. The fourth-order valence-electron chi connectivity index (χ4n) is 7.31. The predicted molar refractivity (Wildman–Crippen MR) is 184 cm³/mol. The van der Waals surface area contributed by atoms with E-state index in [1.807, 2.05) is 6.07 Å². The molecule has 3 fully saturated rings. The highest BCUT2D eigenvalue weighted by molar-refractivity contribution is 7.18. The minimum Gasteiger partial charge on any atom is -0.478 e. The standard InChI is InChI=1S/C36H26ClF3N6O3S/c1-19-43-28-12-27(36(38,39)40)31(45-17-35(18-45)15-44(16-35)22-6-7-22)25(13-41)29(28)33(47)46(19)10-2-3-20-4-5-21(37)11-24(20)23-8-9-42-30-26(34(48)49)14-50-32(23)30/h4-5,8-9,11-12,14,22H,6-7,10,15-18H2,1H3,(H,48,49). The number of hydrogen-bond acceptors (Lipinski definition) is 8. The Hall–Kier alpha value is -4.95. The second kappa shape index (κ2) is 11.6. The molecule has 0 unspecified atom stereocenters. The zero-order valence-electron chi connectivity index (χ0n) is 26.4. The van der Waals surface area contributed by atoms with Gasteiger partial charge in [0.15, 0.2) is 0 Å². The molecule has 9 nitrogen and oxygen atoms in total. The summed E-state index contributed by atoms with van der Waals surface area (Å²) < 4.78 is 45.3. The molecular weight excluding hydrogens is 689 g/mol. The van der Waals surface area contributed by atoms with E-state index >= 15 is 0 Å². The second-order valence-electron chi connectivity index (χ2n) is 13.2. The number of alkyl halides is 3. The van der Waals surface area contributed by atoms with Crippen molar-refractivity contribution in [2.75, 3.05) is 31.1 Å². The average Bonchev–Trinajstić information content (AvgIpc) is 3.77. The minimum absolute atomic E-state index is 0.0827. The van der Waals surface area contributed by atoms with Gasteiger partial charge in [-0.1, -0.05) is 23.4 Å². The van der Waals surface area contributed by atoms with Crippen LogP contribution in [0.4, 0.5) is 18.9 Å². The number of thiophene rings is 1. The Kier molecular flexibility index (Phi) is 7.46. The lowest BCUT2D eigenvalue weighted by molar-refractivity contribution is -0.137. The number of carboxylic acids is 1. The van der Waals surface area contributed by atoms with Crippen molar-refractivity contribution in [1.29, 1.82) is 5.26 Å². The molecule has 0 bridgehead atoms. The van der Waals surface area contributed by atoms with Crippen molar-refractivity contribution in [2.24, 2.45) is 5.41 Å². The Morgan fingerprint density at radius 3 is 2.60 bits per heavy atom. The summed E-state index contributed by atoms with van der Waals surface area (Å²) in [6.07, 6.45) is -0.935. The molecule has 1 spiro atoms. The minimum atomic E-state index is -4.76. The van der Waals surface area contributed by atoms with Gasteiger partial charge in [0.1, 0.15) is 11.9 Å². The summed E-state index contributed by atoms with van der Waals surface area (Å²) in [6, 6.07) is 10.2. The van der Waals surface area contributed by atoms with Gasteiger partial charge < -0.3 is 10.0 Å². The first-order chi connectivity index (χ1) is 23.9. The van der Waals surface area contributed by atoms with Gasteiger partial charge in [0, 0.05) is 70.9 Å². The number of rotatable bonds is 5. The van der Waals surface area contributed by atoms with Crippen LogP contribution in [0.25, 0.3) is 32.2 Å². The molecule has 50 heavy (non-hydrogen) atoms. The zero-order valence-corrected chi connectivity index (χ0v) is 28.0. The lowest BCUT2D eigenvalue weighted by atomic mass is 9.72. The van der Waals surface area contributed by atoms with E-state index in [2.05, 4.69) is 26.7 Å². The Morgan fingerprint density at radius 1 is 1.16 bits per heavy atom. The molecule has 2 saturated heterocycles. The molecule has 5 aromatic rings. The van der Waals surface area contributed by atoms with Gasteiger partial charge in [0.05, 0.1) is 50.0 Å².